The minimum absolute atomic E-state index is 0. The third-order valence-corrected chi connectivity index (χ3v) is 5.65. The fourth-order valence-corrected chi connectivity index (χ4v) is 3.83. The largest absolute Gasteiger partial charge is 0.369 e. The van der Waals surface area contributed by atoms with E-state index in [-0.39, 0.29) is 24.0 Å². The first-order valence-electron chi connectivity index (χ1n) is 10.5. The van der Waals surface area contributed by atoms with Gasteiger partial charge in [-0.25, -0.2) is 0 Å². The molecule has 2 aromatic heterocycles. The Balaban J connectivity index is 0.00000272. The molecule has 0 saturated carbocycles. The highest BCUT2D eigenvalue weighted by atomic mass is 127. The van der Waals surface area contributed by atoms with Gasteiger partial charge in [0.2, 0.25) is 0 Å². The van der Waals surface area contributed by atoms with Gasteiger partial charge in [0.25, 0.3) is 0 Å². The monoisotopic (exact) mass is 534 g/mol. The van der Waals surface area contributed by atoms with Crippen LogP contribution in [-0.4, -0.2) is 71.3 Å². The maximum absolute atomic E-state index is 4.35. The van der Waals surface area contributed by atoms with Crippen LogP contribution in [0.15, 0.2) is 59.7 Å². The number of benzene rings is 1. The van der Waals surface area contributed by atoms with Gasteiger partial charge < -0.3 is 15.5 Å². The molecule has 0 aliphatic carbocycles. The molecular formula is C22H31IN8. The average molecular weight is 534 g/mol. The summed E-state index contributed by atoms with van der Waals surface area (Å²) >= 11 is 0. The Morgan fingerprint density at radius 2 is 1.74 bits per heavy atom. The molecule has 1 unspecified atom stereocenters. The lowest BCUT2D eigenvalue weighted by molar-refractivity contribution is 0.197. The molecule has 1 saturated heterocycles. The number of piperazine rings is 1. The molecule has 0 bridgehead atoms. The number of pyridine rings is 1. The average Bonchev–Trinajstić information content (AvgIpc) is 3.23. The number of fused-ring (bicyclic) bond motifs is 1. The van der Waals surface area contributed by atoms with Crippen LogP contribution in [0.1, 0.15) is 12.7 Å². The number of guanidine groups is 1. The number of hydrogen-bond donors (Lipinski definition) is 2. The Bertz CT molecular complexity index is 966. The number of rotatable bonds is 6. The van der Waals surface area contributed by atoms with E-state index in [4.69, 9.17) is 0 Å². The number of aromatic nitrogens is 3. The number of nitrogens with one attached hydrogen (secondary N) is 2. The molecule has 1 aliphatic heterocycles. The van der Waals surface area contributed by atoms with Crippen LogP contribution < -0.4 is 15.5 Å². The van der Waals surface area contributed by atoms with Gasteiger partial charge in [-0.05, 0) is 31.2 Å². The van der Waals surface area contributed by atoms with Crippen LogP contribution in [0.3, 0.4) is 0 Å². The lowest BCUT2D eigenvalue weighted by Crippen LogP contribution is -2.53. The molecule has 4 rings (SSSR count). The topological polar surface area (TPSA) is 73.1 Å². The number of para-hydroxylation sites is 1. The molecule has 1 aliphatic rings. The smallest absolute Gasteiger partial charge is 0.191 e. The van der Waals surface area contributed by atoms with Crippen LogP contribution in [0.25, 0.3) is 5.65 Å². The molecular weight excluding hydrogens is 503 g/mol. The predicted octanol–water partition coefficient (Wildman–Crippen LogP) is 2.22. The van der Waals surface area contributed by atoms with Crippen LogP contribution >= 0.6 is 24.0 Å². The van der Waals surface area contributed by atoms with Gasteiger partial charge in [0, 0.05) is 57.7 Å². The zero-order valence-corrected chi connectivity index (χ0v) is 20.4. The minimum atomic E-state index is 0. The molecule has 9 heteroatoms. The Kier molecular flexibility index (Phi) is 8.47. The zero-order valence-electron chi connectivity index (χ0n) is 18.1. The van der Waals surface area contributed by atoms with Crippen LogP contribution in [0, 0.1) is 0 Å². The fraction of sp³-hybridized carbons (Fsp3) is 0.409. The van der Waals surface area contributed by atoms with Crippen molar-refractivity contribution in [3.8, 4) is 0 Å². The van der Waals surface area contributed by atoms with Crippen molar-refractivity contribution in [2.24, 2.45) is 4.99 Å². The van der Waals surface area contributed by atoms with E-state index in [1.165, 1.54) is 5.69 Å². The Hall–Kier alpha value is -2.40. The van der Waals surface area contributed by atoms with Gasteiger partial charge in [-0.1, -0.05) is 24.3 Å². The SMILES string of the molecule is CN=C(NCc1nnc2ccccn12)NCC(C)N1CCN(c2ccccc2)CC1.I. The highest BCUT2D eigenvalue weighted by Crippen LogP contribution is 2.16. The van der Waals surface area contributed by atoms with Crippen molar-refractivity contribution in [1.29, 1.82) is 0 Å². The normalized spacial score (nSPS) is 16.1. The van der Waals surface area contributed by atoms with Gasteiger partial charge in [-0.2, -0.15) is 0 Å². The van der Waals surface area contributed by atoms with Crippen LogP contribution in [-0.2, 0) is 6.54 Å². The van der Waals surface area contributed by atoms with Crippen molar-refractivity contribution in [2.45, 2.75) is 19.5 Å². The molecule has 3 aromatic rings. The molecule has 0 radical (unpaired) electrons. The molecule has 8 nitrogen and oxygen atoms in total. The van der Waals surface area contributed by atoms with Gasteiger partial charge >= 0.3 is 0 Å². The number of nitrogens with zero attached hydrogens (tertiary/aromatic N) is 6. The third-order valence-electron chi connectivity index (χ3n) is 5.65. The first-order chi connectivity index (χ1) is 14.7. The van der Waals surface area contributed by atoms with Crippen molar-refractivity contribution in [3.05, 3.63) is 60.6 Å². The molecule has 1 aromatic carbocycles. The zero-order chi connectivity index (χ0) is 20.8. The summed E-state index contributed by atoms with van der Waals surface area (Å²) in [4.78, 5) is 9.34. The first kappa shape index (κ1) is 23.3. The third kappa shape index (κ3) is 5.85. The second kappa shape index (κ2) is 11.3. The number of aliphatic imine (C=N–C) groups is 1. The van der Waals surface area contributed by atoms with Crippen LogP contribution in [0.4, 0.5) is 5.69 Å². The van der Waals surface area contributed by atoms with E-state index in [9.17, 15) is 0 Å². The predicted molar refractivity (Wildman–Crippen MR) is 136 cm³/mol. The molecule has 3 heterocycles. The maximum Gasteiger partial charge on any atom is 0.191 e. The second-order valence-electron chi connectivity index (χ2n) is 7.56. The van der Waals surface area contributed by atoms with E-state index in [1.54, 1.807) is 7.05 Å². The standard InChI is InChI=1S/C22H30N8.HI/c1-18(28-12-14-29(15-13-28)19-8-4-3-5-9-19)16-24-22(23-2)25-17-21-27-26-20-10-6-7-11-30(20)21;/h3-11,18H,12-17H2,1-2H3,(H2,23,24,25);1H. The molecule has 0 amide bonds. The quantitative estimate of drug-likeness (QED) is 0.287. The first-order valence-corrected chi connectivity index (χ1v) is 10.5. The molecule has 31 heavy (non-hydrogen) atoms. The molecule has 166 valence electrons. The van der Waals surface area contributed by atoms with Crippen molar-refractivity contribution >= 4 is 41.3 Å². The summed E-state index contributed by atoms with van der Waals surface area (Å²) in [6, 6.07) is 17.0. The van der Waals surface area contributed by atoms with Gasteiger partial charge in [-0.3, -0.25) is 14.3 Å². The summed E-state index contributed by atoms with van der Waals surface area (Å²) in [5.74, 6) is 1.64. The maximum atomic E-state index is 4.35. The van der Waals surface area contributed by atoms with E-state index >= 15 is 0 Å². The Labute approximate surface area is 200 Å². The summed E-state index contributed by atoms with van der Waals surface area (Å²) in [6.07, 6.45) is 1.97. The molecule has 0 spiro atoms. The molecule has 1 fully saturated rings. The Morgan fingerprint density at radius 3 is 2.48 bits per heavy atom. The minimum Gasteiger partial charge on any atom is -0.369 e. The Morgan fingerprint density at radius 1 is 1.00 bits per heavy atom. The van der Waals surface area contributed by atoms with E-state index in [1.807, 2.05) is 28.8 Å². The van der Waals surface area contributed by atoms with E-state index in [0.717, 1.165) is 50.2 Å². The van der Waals surface area contributed by atoms with Gasteiger partial charge in [0.15, 0.2) is 17.4 Å². The van der Waals surface area contributed by atoms with Gasteiger partial charge in [0.1, 0.15) is 0 Å². The summed E-state index contributed by atoms with van der Waals surface area (Å²) in [7, 11) is 1.79. The van der Waals surface area contributed by atoms with Gasteiger partial charge in [-0.15, -0.1) is 34.2 Å². The number of hydrogen-bond acceptors (Lipinski definition) is 5. The van der Waals surface area contributed by atoms with E-state index < -0.39 is 0 Å². The highest BCUT2D eigenvalue weighted by Gasteiger charge is 2.21. The number of halogens is 1. The van der Waals surface area contributed by atoms with Gasteiger partial charge in [0.05, 0.1) is 6.54 Å². The number of anilines is 1. The van der Waals surface area contributed by atoms with Crippen molar-refractivity contribution in [2.75, 3.05) is 44.7 Å². The van der Waals surface area contributed by atoms with Crippen molar-refractivity contribution in [3.63, 3.8) is 0 Å². The lowest BCUT2D eigenvalue weighted by Gasteiger charge is -2.39. The highest BCUT2D eigenvalue weighted by molar-refractivity contribution is 14.0. The van der Waals surface area contributed by atoms with E-state index in [2.05, 4.69) is 72.9 Å². The molecule has 2 N–H and O–H groups in total. The summed E-state index contributed by atoms with van der Waals surface area (Å²) in [5, 5.41) is 15.2. The van der Waals surface area contributed by atoms with E-state index in [0.29, 0.717) is 12.6 Å². The fourth-order valence-electron chi connectivity index (χ4n) is 3.83. The summed E-state index contributed by atoms with van der Waals surface area (Å²) in [5.41, 5.74) is 2.16. The summed E-state index contributed by atoms with van der Waals surface area (Å²) < 4.78 is 1.98. The van der Waals surface area contributed by atoms with Crippen LogP contribution in [0.5, 0.6) is 0 Å². The van der Waals surface area contributed by atoms with Crippen molar-refractivity contribution < 1.29 is 0 Å². The van der Waals surface area contributed by atoms with Crippen molar-refractivity contribution in [1.82, 2.24) is 30.1 Å². The molecule has 1 atom stereocenters. The van der Waals surface area contributed by atoms with Crippen LogP contribution in [0.2, 0.25) is 0 Å². The lowest BCUT2D eigenvalue weighted by atomic mass is 10.2. The summed E-state index contributed by atoms with van der Waals surface area (Å²) in [6.45, 7) is 7.92. The second-order valence-corrected chi connectivity index (χ2v) is 7.56.